The highest BCUT2D eigenvalue weighted by molar-refractivity contribution is 9.10. The van der Waals surface area contributed by atoms with Gasteiger partial charge < -0.3 is 9.64 Å². The number of likely N-dealkylation sites (tertiary alicyclic amines) is 1. The first kappa shape index (κ1) is 13.1. The van der Waals surface area contributed by atoms with Crippen LogP contribution >= 0.6 is 15.9 Å². The molecule has 0 atom stereocenters. The zero-order chi connectivity index (χ0) is 13.1. The number of rotatable bonds is 2. The molecule has 0 aliphatic carbocycles. The summed E-state index contributed by atoms with van der Waals surface area (Å²) in [6, 6.07) is 5.30. The van der Waals surface area contributed by atoms with Crippen molar-refractivity contribution < 1.29 is 14.3 Å². The molecule has 1 heterocycles. The maximum absolute atomic E-state index is 12.3. The molecular formula is C13H14BrNO3. The van der Waals surface area contributed by atoms with E-state index in [1.165, 1.54) is 0 Å². The van der Waals surface area contributed by atoms with Gasteiger partial charge in [-0.25, -0.2) is 0 Å². The standard InChI is InChI=1S/C13H14BrNO3/c1-18-10-2-3-12(14)11(8-10)13(17)15-6-4-9(16)5-7-15/h2-3,8H,4-7H2,1H3. The normalized spacial score (nSPS) is 15.7. The first-order chi connectivity index (χ1) is 8.61. The zero-order valence-corrected chi connectivity index (χ0v) is 11.7. The summed E-state index contributed by atoms with van der Waals surface area (Å²) in [6.45, 7) is 1.00. The number of benzene rings is 1. The van der Waals surface area contributed by atoms with Gasteiger partial charge in [0.1, 0.15) is 11.5 Å². The van der Waals surface area contributed by atoms with E-state index < -0.39 is 0 Å². The number of amides is 1. The minimum atomic E-state index is -0.0618. The predicted octanol–water partition coefficient (Wildman–Crippen LogP) is 2.26. The SMILES string of the molecule is COc1ccc(Br)c(C(=O)N2CCC(=O)CC2)c1. The summed E-state index contributed by atoms with van der Waals surface area (Å²) in [7, 11) is 1.57. The van der Waals surface area contributed by atoms with Crippen LogP contribution in [0.25, 0.3) is 0 Å². The lowest BCUT2D eigenvalue weighted by Gasteiger charge is -2.26. The molecule has 5 heteroatoms. The van der Waals surface area contributed by atoms with Gasteiger partial charge >= 0.3 is 0 Å². The highest BCUT2D eigenvalue weighted by atomic mass is 79.9. The average Bonchev–Trinajstić information content (AvgIpc) is 2.39. The molecule has 0 bridgehead atoms. The quantitative estimate of drug-likeness (QED) is 0.841. The van der Waals surface area contributed by atoms with Crippen molar-refractivity contribution >= 4 is 27.6 Å². The Labute approximate surface area is 114 Å². The second kappa shape index (κ2) is 5.52. The van der Waals surface area contributed by atoms with E-state index in [1.54, 1.807) is 30.2 Å². The van der Waals surface area contributed by atoms with Crippen LogP contribution in [-0.2, 0) is 4.79 Å². The summed E-state index contributed by atoms with van der Waals surface area (Å²) >= 11 is 3.37. The van der Waals surface area contributed by atoms with Crippen LogP contribution in [0.5, 0.6) is 5.75 Å². The third-order valence-electron chi connectivity index (χ3n) is 3.01. The van der Waals surface area contributed by atoms with Gasteiger partial charge in [0.25, 0.3) is 5.91 Å². The summed E-state index contributed by atoms with van der Waals surface area (Å²) < 4.78 is 5.86. The zero-order valence-electron chi connectivity index (χ0n) is 10.1. The largest absolute Gasteiger partial charge is 0.497 e. The first-order valence-electron chi connectivity index (χ1n) is 5.76. The van der Waals surface area contributed by atoms with Gasteiger partial charge in [-0.3, -0.25) is 9.59 Å². The number of hydrogen-bond acceptors (Lipinski definition) is 3. The van der Waals surface area contributed by atoms with Crippen LogP contribution in [0.3, 0.4) is 0 Å². The molecule has 0 unspecified atom stereocenters. The Hall–Kier alpha value is -1.36. The van der Waals surface area contributed by atoms with Gasteiger partial charge in [0.2, 0.25) is 0 Å². The Morgan fingerprint density at radius 1 is 1.33 bits per heavy atom. The highest BCUT2D eigenvalue weighted by Crippen LogP contribution is 2.24. The molecule has 1 fully saturated rings. The highest BCUT2D eigenvalue weighted by Gasteiger charge is 2.23. The maximum atomic E-state index is 12.3. The van der Waals surface area contributed by atoms with Crippen LogP contribution in [0.4, 0.5) is 0 Å². The monoisotopic (exact) mass is 311 g/mol. The minimum Gasteiger partial charge on any atom is -0.497 e. The Bertz CT molecular complexity index is 477. The molecule has 4 nitrogen and oxygen atoms in total. The van der Waals surface area contributed by atoms with Gasteiger partial charge in [-0.15, -0.1) is 0 Å². The van der Waals surface area contributed by atoms with E-state index in [-0.39, 0.29) is 11.7 Å². The summed E-state index contributed by atoms with van der Waals surface area (Å²) in [5.74, 6) is 0.812. The molecule has 1 aromatic carbocycles. The van der Waals surface area contributed by atoms with Gasteiger partial charge in [0.15, 0.2) is 0 Å². The van der Waals surface area contributed by atoms with E-state index in [0.29, 0.717) is 37.2 Å². The van der Waals surface area contributed by atoms with Crippen molar-refractivity contribution in [2.75, 3.05) is 20.2 Å². The van der Waals surface area contributed by atoms with Crippen molar-refractivity contribution in [3.05, 3.63) is 28.2 Å². The number of methoxy groups -OCH3 is 1. The second-order valence-electron chi connectivity index (χ2n) is 4.18. The van der Waals surface area contributed by atoms with Crippen molar-refractivity contribution in [1.82, 2.24) is 4.90 Å². The lowest BCUT2D eigenvalue weighted by Crippen LogP contribution is -2.38. The molecule has 0 saturated carbocycles. The van der Waals surface area contributed by atoms with Crippen molar-refractivity contribution in [3.63, 3.8) is 0 Å². The number of halogens is 1. The molecule has 0 N–H and O–H groups in total. The fraction of sp³-hybridized carbons (Fsp3) is 0.385. The molecule has 18 heavy (non-hydrogen) atoms. The topological polar surface area (TPSA) is 46.6 Å². The van der Waals surface area contributed by atoms with Crippen molar-refractivity contribution in [2.45, 2.75) is 12.8 Å². The van der Waals surface area contributed by atoms with Crippen molar-refractivity contribution in [1.29, 1.82) is 0 Å². The van der Waals surface area contributed by atoms with Crippen LogP contribution in [0.1, 0.15) is 23.2 Å². The second-order valence-corrected chi connectivity index (χ2v) is 5.03. The number of carbonyl (C=O) groups excluding carboxylic acids is 2. The van der Waals surface area contributed by atoms with Crippen molar-refractivity contribution in [3.8, 4) is 5.75 Å². The summed E-state index contributed by atoms with van der Waals surface area (Å²) in [5, 5.41) is 0. The number of carbonyl (C=O) groups is 2. The molecule has 1 amide bonds. The van der Waals surface area contributed by atoms with Crippen LogP contribution < -0.4 is 4.74 Å². The minimum absolute atomic E-state index is 0.0618. The number of hydrogen-bond donors (Lipinski definition) is 0. The van der Waals surface area contributed by atoms with Gasteiger partial charge in [0.05, 0.1) is 12.7 Å². The number of nitrogens with zero attached hydrogens (tertiary/aromatic N) is 1. The fourth-order valence-corrected chi connectivity index (χ4v) is 2.34. The van der Waals surface area contributed by atoms with E-state index in [0.717, 1.165) is 4.47 Å². The molecule has 2 rings (SSSR count). The van der Waals surface area contributed by atoms with Gasteiger partial charge in [-0.1, -0.05) is 0 Å². The Kier molecular flexibility index (Phi) is 4.01. The third kappa shape index (κ3) is 2.72. The molecule has 96 valence electrons. The summed E-state index contributed by atoms with van der Waals surface area (Å²) in [4.78, 5) is 25.2. The van der Waals surface area contributed by atoms with Crippen LogP contribution in [0, 0.1) is 0 Å². The molecule has 1 aliphatic heterocycles. The van der Waals surface area contributed by atoms with E-state index in [9.17, 15) is 9.59 Å². The number of Topliss-reactive ketones (excluding diaryl/α,β-unsaturated/α-hetero) is 1. The van der Waals surface area contributed by atoms with E-state index in [4.69, 9.17) is 4.74 Å². The molecular weight excluding hydrogens is 298 g/mol. The smallest absolute Gasteiger partial charge is 0.255 e. The maximum Gasteiger partial charge on any atom is 0.255 e. The Morgan fingerprint density at radius 3 is 2.61 bits per heavy atom. The lowest BCUT2D eigenvalue weighted by atomic mass is 10.1. The predicted molar refractivity (Wildman–Crippen MR) is 70.8 cm³/mol. The van der Waals surface area contributed by atoms with Crippen LogP contribution in [0.15, 0.2) is 22.7 Å². The van der Waals surface area contributed by atoms with Gasteiger partial charge in [-0.2, -0.15) is 0 Å². The Morgan fingerprint density at radius 2 is 2.00 bits per heavy atom. The number of ether oxygens (including phenoxy) is 1. The fourth-order valence-electron chi connectivity index (χ4n) is 1.92. The lowest BCUT2D eigenvalue weighted by molar-refractivity contribution is -0.120. The van der Waals surface area contributed by atoms with E-state index in [2.05, 4.69) is 15.9 Å². The van der Waals surface area contributed by atoms with Crippen LogP contribution in [0.2, 0.25) is 0 Å². The van der Waals surface area contributed by atoms with Crippen molar-refractivity contribution in [2.24, 2.45) is 0 Å². The van der Waals surface area contributed by atoms with Gasteiger partial charge in [0, 0.05) is 30.4 Å². The molecule has 1 aromatic rings. The Balaban J connectivity index is 2.20. The first-order valence-corrected chi connectivity index (χ1v) is 6.55. The van der Waals surface area contributed by atoms with E-state index >= 15 is 0 Å². The molecule has 0 spiro atoms. The van der Waals surface area contributed by atoms with Crippen LogP contribution in [-0.4, -0.2) is 36.8 Å². The molecule has 0 aromatic heterocycles. The third-order valence-corrected chi connectivity index (χ3v) is 3.70. The molecule has 1 saturated heterocycles. The van der Waals surface area contributed by atoms with Gasteiger partial charge in [-0.05, 0) is 34.1 Å². The molecule has 0 radical (unpaired) electrons. The number of piperidine rings is 1. The summed E-state index contributed by atoms with van der Waals surface area (Å²) in [6.07, 6.45) is 0.903. The summed E-state index contributed by atoms with van der Waals surface area (Å²) in [5.41, 5.74) is 0.573. The van der Waals surface area contributed by atoms with E-state index in [1.807, 2.05) is 0 Å². The average molecular weight is 312 g/mol. The number of ketones is 1. The molecule has 1 aliphatic rings.